The summed E-state index contributed by atoms with van der Waals surface area (Å²) >= 11 is 0. The molecule has 0 aromatic rings. The van der Waals surface area contributed by atoms with Gasteiger partial charge in [0.05, 0.1) is 6.54 Å². The molecule has 150 valence electrons. The van der Waals surface area contributed by atoms with Crippen LogP contribution in [0.3, 0.4) is 0 Å². The van der Waals surface area contributed by atoms with Crippen LogP contribution in [0.1, 0.15) is 53.4 Å². The molecule has 0 aliphatic carbocycles. The Bertz CT molecular complexity index is 615. The first-order chi connectivity index (χ1) is 12.5. The van der Waals surface area contributed by atoms with Gasteiger partial charge in [0.25, 0.3) is 11.8 Å². The number of imide groups is 1. The van der Waals surface area contributed by atoms with Crippen molar-refractivity contribution in [3.8, 4) is 0 Å². The molecule has 27 heavy (non-hydrogen) atoms. The number of ether oxygens (including phenoxy) is 1. The Morgan fingerprint density at radius 3 is 2.22 bits per heavy atom. The van der Waals surface area contributed by atoms with E-state index >= 15 is 0 Å². The second-order valence-electron chi connectivity index (χ2n) is 7.56. The van der Waals surface area contributed by atoms with E-state index in [1.54, 1.807) is 20.8 Å². The molecule has 0 saturated carbocycles. The molecule has 0 radical (unpaired) electrons. The highest BCUT2D eigenvalue weighted by molar-refractivity contribution is 6.12. The van der Waals surface area contributed by atoms with Gasteiger partial charge in [-0.1, -0.05) is 6.42 Å². The summed E-state index contributed by atoms with van der Waals surface area (Å²) in [6.45, 7) is 6.69. The molecule has 0 aromatic carbocycles. The van der Waals surface area contributed by atoms with Crippen LogP contribution in [0, 0.1) is 5.92 Å². The number of nitrogens with zero attached hydrogens (tertiary/aromatic N) is 1. The molecule has 1 aliphatic heterocycles. The quantitative estimate of drug-likeness (QED) is 0.457. The van der Waals surface area contributed by atoms with E-state index in [1.165, 1.54) is 19.1 Å². The van der Waals surface area contributed by atoms with Crippen LogP contribution in [0.5, 0.6) is 0 Å². The highest BCUT2D eigenvalue weighted by Crippen LogP contribution is 2.16. The predicted molar refractivity (Wildman–Crippen MR) is 97.7 cm³/mol. The van der Waals surface area contributed by atoms with Crippen LogP contribution in [0.2, 0.25) is 0 Å². The Balaban J connectivity index is 2.33. The van der Waals surface area contributed by atoms with Crippen LogP contribution in [0.15, 0.2) is 12.2 Å². The molecule has 1 heterocycles. The van der Waals surface area contributed by atoms with Gasteiger partial charge < -0.3 is 10.1 Å². The van der Waals surface area contributed by atoms with Crippen LogP contribution >= 0.6 is 0 Å². The maximum atomic E-state index is 12.0. The smallest absolute Gasteiger partial charge is 0.408 e. The maximum absolute atomic E-state index is 12.0. The summed E-state index contributed by atoms with van der Waals surface area (Å²) in [5, 5.41) is 2.39. The van der Waals surface area contributed by atoms with Crippen molar-refractivity contribution < 1.29 is 28.7 Å². The summed E-state index contributed by atoms with van der Waals surface area (Å²) in [7, 11) is 0. The minimum absolute atomic E-state index is 0.0360. The van der Waals surface area contributed by atoms with E-state index in [4.69, 9.17) is 4.74 Å². The van der Waals surface area contributed by atoms with E-state index in [0.29, 0.717) is 25.8 Å². The highest BCUT2D eigenvalue weighted by Gasteiger charge is 2.23. The fraction of sp³-hybridized carbons (Fsp3) is 0.632. The van der Waals surface area contributed by atoms with Gasteiger partial charge in [-0.2, -0.15) is 0 Å². The van der Waals surface area contributed by atoms with Gasteiger partial charge in [0, 0.05) is 31.0 Å². The lowest BCUT2D eigenvalue weighted by atomic mass is 9.92. The van der Waals surface area contributed by atoms with Gasteiger partial charge >= 0.3 is 6.09 Å². The summed E-state index contributed by atoms with van der Waals surface area (Å²) in [4.78, 5) is 59.4. The summed E-state index contributed by atoms with van der Waals surface area (Å²) in [5.74, 6) is -1.45. The van der Waals surface area contributed by atoms with Crippen molar-refractivity contribution in [2.75, 3.05) is 13.1 Å². The molecule has 0 bridgehead atoms. The minimum Gasteiger partial charge on any atom is -0.444 e. The Kier molecular flexibility index (Phi) is 8.33. The average molecular weight is 380 g/mol. The molecular formula is C19H28N2O6. The van der Waals surface area contributed by atoms with E-state index in [0.717, 1.165) is 4.90 Å². The van der Waals surface area contributed by atoms with E-state index in [2.05, 4.69) is 5.32 Å². The number of carbonyl (C=O) groups excluding carboxylic acids is 5. The molecule has 8 nitrogen and oxygen atoms in total. The molecule has 0 spiro atoms. The van der Waals surface area contributed by atoms with Crippen molar-refractivity contribution >= 4 is 29.5 Å². The molecule has 8 heteroatoms. The number of hydrogen-bond donors (Lipinski definition) is 1. The third kappa shape index (κ3) is 8.61. The largest absolute Gasteiger partial charge is 0.444 e. The molecule has 0 fully saturated rings. The summed E-state index contributed by atoms with van der Waals surface area (Å²) in [6.07, 6.45) is 3.48. The fourth-order valence-corrected chi connectivity index (χ4v) is 2.59. The van der Waals surface area contributed by atoms with Crippen molar-refractivity contribution in [2.45, 2.75) is 59.0 Å². The monoisotopic (exact) mass is 380 g/mol. The number of unbranched alkanes of at least 4 members (excludes halogenated alkanes) is 1. The van der Waals surface area contributed by atoms with Crippen molar-refractivity contribution in [3.05, 3.63) is 12.2 Å². The molecule has 3 amide bonds. The SMILES string of the molecule is CC(=O)[C@H](CCCCN1C(=O)C=CC1=O)CC(=O)CNC(=O)OC(C)(C)C. The zero-order chi connectivity index (χ0) is 20.6. The first-order valence-corrected chi connectivity index (χ1v) is 9.02. The van der Waals surface area contributed by atoms with E-state index < -0.39 is 17.6 Å². The lowest BCUT2D eigenvalue weighted by molar-refractivity contribution is -0.137. The number of carbonyl (C=O) groups is 5. The van der Waals surface area contributed by atoms with Crippen LogP contribution in [-0.4, -0.2) is 53.1 Å². The van der Waals surface area contributed by atoms with E-state index in [1.807, 2.05) is 0 Å². The number of ketones is 2. The van der Waals surface area contributed by atoms with Gasteiger partial charge in [-0.05, 0) is 40.5 Å². The van der Waals surface area contributed by atoms with E-state index in [-0.39, 0.29) is 36.3 Å². The molecule has 0 saturated heterocycles. The van der Waals surface area contributed by atoms with Gasteiger partial charge in [-0.15, -0.1) is 0 Å². The van der Waals surface area contributed by atoms with Gasteiger partial charge in [-0.3, -0.25) is 24.1 Å². The summed E-state index contributed by atoms with van der Waals surface area (Å²) in [5.41, 5.74) is -0.650. The molecule has 1 rings (SSSR count). The summed E-state index contributed by atoms with van der Waals surface area (Å²) in [6, 6.07) is 0. The average Bonchev–Trinajstić information content (AvgIpc) is 2.85. The van der Waals surface area contributed by atoms with Crippen molar-refractivity contribution in [2.24, 2.45) is 5.92 Å². The number of rotatable bonds is 10. The van der Waals surface area contributed by atoms with Crippen molar-refractivity contribution in [3.63, 3.8) is 0 Å². The van der Waals surface area contributed by atoms with Crippen molar-refractivity contribution in [1.82, 2.24) is 10.2 Å². The molecule has 0 aromatic heterocycles. The number of nitrogens with one attached hydrogen (secondary N) is 1. The van der Waals surface area contributed by atoms with Crippen LogP contribution in [-0.2, 0) is 23.9 Å². The zero-order valence-electron chi connectivity index (χ0n) is 16.4. The highest BCUT2D eigenvalue weighted by atomic mass is 16.6. The first kappa shape index (κ1) is 22.5. The number of Topliss-reactive ketones (excluding diaryl/α,β-unsaturated/α-hetero) is 2. The molecule has 0 unspecified atom stereocenters. The Labute approximate surface area is 159 Å². The number of amides is 3. The van der Waals surface area contributed by atoms with Gasteiger partial charge in [0.2, 0.25) is 0 Å². The molecule has 1 atom stereocenters. The molecular weight excluding hydrogens is 352 g/mol. The number of alkyl carbamates (subject to hydrolysis) is 1. The van der Waals surface area contributed by atoms with Crippen LogP contribution in [0.4, 0.5) is 4.79 Å². The molecule has 1 N–H and O–H groups in total. The van der Waals surface area contributed by atoms with Crippen molar-refractivity contribution in [1.29, 1.82) is 0 Å². The number of hydrogen-bond acceptors (Lipinski definition) is 6. The first-order valence-electron chi connectivity index (χ1n) is 9.02. The molecule has 1 aliphatic rings. The second-order valence-corrected chi connectivity index (χ2v) is 7.56. The maximum Gasteiger partial charge on any atom is 0.408 e. The second kappa shape index (κ2) is 9.99. The lowest BCUT2D eigenvalue weighted by Gasteiger charge is -2.20. The van der Waals surface area contributed by atoms with Crippen LogP contribution in [0.25, 0.3) is 0 Å². The lowest BCUT2D eigenvalue weighted by Crippen LogP contribution is -2.36. The standard InChI is InChI=1S/C19H28N2O6/c1-13(22)14(7-5-6-10-21-16(24)8-9-17(21)25)11-15(23)12-20-18(26)27-19(2,3)4/h8-9,14H,5-7,10-12H2,1-4H3,(H,20,26)/t14-/m1/s1. The van der Waals surface area contributed by atoms with Gasteiger partial charge in [-0.25, -0.2) is 4.79 Å². The minimum atomic E-state index is -0.677. The Hall–Kier alpha value is -2.51. The topological polar surface area (TPSA) is 110 Å². The fourth-order valence-electron chi connectivity index (χ4n) is 2.59. The van der Waals surface area contributed by atoms with Gasteiger partial charge in [0.15, 0.2) is 5.78 Å². The predicted octanol–water partition coefficient (Wildman–Crippen LogP) is 1.77. The van der Waals surface area contributed by atoms with Crippen LogP contribution < -0.4 is 5.32 Å². The van der Waals surface area contributed by atoms with Gasteiger partial charge in [0.1, 0.15) is 11.4 Å². The summed E-state index contributed by atoms with van der Waals surface area (Å²) < 4.78 is 5.05. The third-order valence-electron chi connectivity index (χ3n) is 3.96. The van der Waals surface area contributed by atoms with E-state index in [9.17, 15) is 24.0 Å². The Morgan fingerprint density at radius 1 is 1.11 bits per heavy atom. The third-order valence-corrected chi connectivity index (χ3v) is 3.96. The zero-order valence-corrected chi connectivity index (χ0v) is 16.4. The Morgan fingerprint density at radius 2 is 1.70 bits per heavy atom. The normalized spacial score (nSPS) is 15.0.